The van der Waals surface area contributed by atoms with Crippen molar-refractivity contribution < 1.29 is 4.74 Å². The number of aromatic nitrogens is 1. The van der Waals surface area contributed by atoms with Crippen molar-refractivity contribution in [1.29, 1.82) is 0 Å². The van der Waals surface area contributed by atoms with Crippen molar-refractivity contribution in [2.75, 3.05) is 13.1 Å². The summed E-state index contributed by atoms with van der Waals surface area (Å²) in [5.74, 6) is 1.24. The van der Waals surface area contributed by atoms with Gasteiger partial charge in [0, 0.05) is 24.2 Å². The Kier molecular flexibility index (Phi) is 3.97. The molecule has 1 saturated heterocycles. The molecule has 0 amide bonds. The van der Waals surface area contributed by atoms with E-state index in [2.05, 4.69) is 34.6 Å². The van der Waals surface area contributed by atoms with Crippen molar-refractivity contribution in [2.24, 2.45) is 5.92 Å². The smallest absolute Gasteiger partial charge is 0.216 e. The summed E-state index contributed by atoms with van der Waals surface area (Å²) in [7, 11) is 0. The van der Waals surface area contributed by atoms with Crippen LogP contribution in [0.5, 0.6) is 5.88 Å². The van der Waals surface area contributed by atoms with Crippen LogP contribution < -0.4 is 10.1 Å². The molecule has 0 bridgehead atoms. The van der Waals surface area contributed by atoms with Gasteiger partial charge in [-0.25, -0.2) is 4.98 Å². The fourth-order valence-corrected chi connectivity index (χ4v) is 2.73. The molecule has 2 heterocycles. The SMILES string of the molecule is Cc1cccnc1OC(c1ccccc1)C1CCNC1. The Bertz CT molecular complexity index is 550. The Balaban J connectivity index is 1.88. The molecule has 3 nitrogen and oxygen atoms in total. The Morgan fingerprint density at radius 2 is 2.05 bits per heavy atom. The van der Waals surface area contributed by atoms with Gasteiger partial charge in [0.2, 0.25) is 5.88 Å². The maximum absolute atomic E-state index is 6.26. The highest BCUT2D eigenvalue weighted by atomic mass is 16.5. The van der Waals surface area contributed by atoms with Gasteiger partial charge < -0.3 is 10.1 Å². The molecule has 3 rings (SSSR count). The van der Waals surface area contributed by atoms with Gasteiger partial charge in [-0.05, 0) is 31.5 Å². The van der Waals surface area contributed by atoms with Crippen molar-refractivity contribution in [2.45, 2.75) is 19.4 Å². The van der Waals surface area contributed by atoms with Crippen LogP contribution in [0.15, 0.2) is 48.7 Å². The molecule has 1 N–H and O–H groups in total. The molecule has 0 radical (unpaired) electrons. The molecule has 0 saturated carbocycles. The minimum Gasteiger partial charge on any atom is -0.469 e. The van der Waals surface area contributed by atoms with E-state index in [1.165, 1.54) is 5.56 Å². The Hall–Kier alpha value is -1.87. The topological polar surface area (TPSA) is 34.1 Å². The maximum atomic E-state index is 6.26. The molecule has 2 aromatic rings. The largest absolute Gasteiger partial charge is 0.469 e. The van der Waals surface area contributed by atoms with Gasteiger partial charge in [-0.15, -0.1) is 0 Å². The van der Waals surface area contributed by atoms with Crippen molar-refractivity contribution in [1.82, 2.24) is 10.3 Å². The molecule has 0 aliphatic carbocycles. The van der Waals surface area contributed by atoms with Crippen LogP contribution >= 0.6 is 0 Å². The lowest BCUT2D eigenvalue weighted by molar-refractivity contribution is 0.137. The highest BCUT2D eigenvalue weighted by Crippen LogP contribution is 2.32. The van der Waals surface area contributed by atoms with Crippen LogP contribution in [0.1, 0.15) is 23.7 Å². The number of hydrogen-bond acceptors (Lipinski definition) is 3. The number of aryl methyl sites for hydroxylation is 1. The highest BCUT2D eigenvalue weighted by molar-refractivity contribution is 5.26. The van der Waals surface area contributed by atoms with E-state index in [-0.39, 0.29) is 6.10 Å². The summed E-state index contributed by atoms with van der Waals surface area (Å²) in [6, 6.07) is 14.4. The van der Waals surface area contributed by atoms with E-state index in [1.54, 1.807) is 6.20 Å². The lowest BCUT2D eigenvalue weighted by Gasteiger charge is -2.25. The Morgan fingerprint density at radius 3 is 2.75 bits per heavy atom. The van der Waals surface area contributed by atoms with Gasteiger partial charge in [-0.1, -0.05) is 36.4 Å². The summed E-state index contributed by atoms with van der Waals surface area (Å²) in [5.41, 5.74) is 2.31. The van der Waals surface area contributed by atoms with E-state index in [1.807, 2.05) is 25.1 Å². The van der Waals surface area contributed by atoms with Crippen LogP contribution in [0.3, 0.4) is 0 Å². The lowest BCUT2D eigenvalue weighted by Crippen LogP contribution is -2.22. The number of nitrogens with one attached hydrogen (secondary N) is 1. The Morgan fingerprint density at radius 1 is 1.20 bits per heavy atom. The van der Waals surface area contributed by atoms with E-state index in [9.17, 15) is 0 Å². The monoisotopic (exact) mass is 268 g/mol. The second-order valence-corrected chi connectivity index (χ2v) is 5.33. The average Bonchev–Trinajstić information content (AvgIpc) is 3.01. The number of nitrogens with zero attached hydrogens (tertiary/aromatic N) is 1. The van der Waals surface area contributed by atoms with Gasteiger partial charge in [0.15, 0.2) is 0 Å². The molecule has 1 aliphatic heterocycles. The molecule has 1 aromatic heterocycles. The Labute approximate surface area is 120 Å². The zero-order chi connectivity index (χ0) is 13.8. The third kappa shape index (κ3) is 2.83. The second-order valence-electron chi connectivity index (χ2n) is 5.33. The summed E-state index contributed by atoms with van der Waals surface area (Å²) in [6.07, 6.45) is 3.00. The van der Waals surface area contributed by atoms with Crippen molar-refractivity contribution >= 4 is 0 Å². The molecule has 0 spiro atoms. The fourth-order valence-electron chi connectivity index (χ4n) is 2.73. The van der Waals surface area contributed by atoms with E-state index in [0.29, 0.717) is 5.92 Å². The van der Waals surface area contributed by atoms with Crippen LogP contribution in [0.25, 0.3) is 0 Å². The van der Waals surface area contributed by atoms with Gasteiger partial charge >= 0.3 is 0 Å². The third-order valence-electron chi connectivity index (χ3n) is 3.85. The van der Waals surface area contributed by atoms with Crippen LogP contribution in [0.2, 0.25) is 0 Å². The van der Waals surface area contributed by atoms with Crippen molar-refractivity contribution in [3.05, 3.63) is 59.8 Å². The molecule has 20 heavy (non-hydrogen) atoms. The molecule has 2 unspecified atom stereocenters. The van der Waals surface area contributed by atoms with E-state index in [4.69, 9.17) is 4.74 Å². The number of benzene rings is 1. The normalized spacial score (nSPS) is 19.8. The minimum absolute atomic E-state index is 0.0693. The number of rotatable bonds is 4. The van der Waals surface area contributed by atoms with Gasteiger partial charge in [-0.3, -0.25) is 0 Å². The van der Waals surface area contributed by atoms with Crippen LogP contribution in [0.4, 0.5) is 0 Å². The summed E-state index contributed by atoms with van der Waals surface area (Å²) < 4.78 is 6.26. The predicted octanol–water partition coefficient (Wildman–Crippen LogP) is 3.12. The first-order valence-electron chi connectivity index (χ1n) is 7.18. The fraction of sp³-hybridized carbons (Fsp3) is 0.353. The first-order valence-corrected chi connectivity index (χ1v) is 7.18. The standard InChI is InChI=1S/C17H20N2O/c1-13-6-5-10-19-17(13)20-16(15-9-11-18-12-15)14-7-3-2-4-8-14/h2-8,10,15-16,18H,9,11-12H2,1H3. The number of hydrogen-bond donors (Lipinski definition) is 1. The van der Waals surface area contributed by atoms with Crippen LogP contribution in [-0.2, 0) is 0 Å². The second kappa shape index (κ2) is 6.06. The van der Waals surface area contributed by atoms with Gasteiger partial charge in [-0.2, -0.15) is 0 Å². The molecule has 3 heteroatoms. The first-order chi connectivity index (χ1) is 9.84. The summed E-state index contributed by atoms with van der Waals surface area (Å²) in [5, 5.41) is 3.42. The molecular weight excluding hydrogens is 248 g/mol. The number of pyridine rings is 1. The first kappa shape index (κ1) is 13.1. The maximum Gasteiger partial charge on any atom is 0.216 e. The molecule has 104 valence electrons. The number of ether oxygens (including phenoxy) is 1. The van der Waals surface area contributed by atoms with Gasteiger partial charge in [0.25, 0.3) is 0 Å². The van der Waals surface area contributed by atoms with Gasteiger partial charge in [0.05, 0.1) is 0 Å². The van der Waals surface area contributed by atoms with Crippen LogP contribution in [-0.4, -0.2) is 18.1 Å². The quantitative estimate of drug-likeness (QED) is 0.925. The lowest BCUT2D eigenvalue weighted by atomic mass is 9.95. The molecule has 2 atom stereocenters. The third-order valence-corrected chi connectivity index (χ3v) is 3.85. The summed E-state index contributed by atoms with van der Waals surface area (Å²) in [6.45, 7) is 4.11. The molecule has 1 aliphatic rings. The zero-order valence-electron chi connectivity index (χ0n) is 11.8. The zero-order valence-corrected chi connectivity index (χ0v) is 11.8. The molecule has 1 aromatic carbocycles. The van der Waals surface area contributed by atoms with Crippen molar-refractivity contribution in [3.8, 4) is 5.88 Å². The van der Waals surface area contributed by atoms with E-state index in [0.717, 1.165) is 31.0 Å². The average molecular weight is 268 g/mol. The predicted molar refractivity (Wildman–Crippen MR) is 79.8 cm³/mol. The minimum atomic E-state index is 0.0693. The van der Waals surface area contributed by atoms with E-state index >= 15 is 0 Å². The highest BCUT2D eigenvalue weighted by Gasteiger charge is 2.28. The summed E-state index contributed by atoms with van der Waals surface area (Å²) in [4.78, 5) is 4.37. The van der Waals surface area contributed by atoms with E-state index < -0.39 is 0 Å². The summed E-state index contributed by atoms with van der Waals surface area (Å²) >= 11 is 0. The molecular formula is C17H20N2O. The molecule has 1 fully saturated rings. The van der Waals surface area contributed by atoms with Crippen LogP contribution in [0, 0.1) is 12.8 Å². The van der Waals surface area contributed by atoms with Crippen molar-refractivity contribution in [3.63, 3.8) is 0 Å². The van der Waals surface area contributed by atoms with Gasteiger partial charge in [0.1, 0.15) is 6.10 Å².